The molecule has 3 rings (SSSR count). The summed E-state index contributed by atoms with van der Waals surface area (Å²) in [6.07, 6.45) is 1.36. The average molecular weight is 313 g/mol. The second-order valence-corrected chi connectivity index (χ2v) is 6.26. The summed E-state index contributed by atoms with van der Waals surface area (Å²) in [5, 5.41) is 5.03. The maximum Gasteiger partial charge on any atom is 0.220 e. The summed E-state index contributed by atoms with van der Waals surface area (Å²) in [4.78, 5) is 17.7. The van der Waals surface area contributed by atoms with Gasteiger partial charge in [-0.25, -0.2) is 4.98 Å². The Morgan fingerprint density at radius 2 is 2.14 bits per heavy atom. The molecule has 0 spiro atoms. The number of nitrogens with one attached hydrogen (secondary N) is 1. The van der Waals surface area contributed by atoms with Crippen LogP contribution in [0.5, 0.6) is 0 Å². The second kappa shape index (κ2) is 6.75. The Balaban J connectivity index is 1.51. The summed E-state index contributed by atoms with van der Waals surface area (Å²) in [6.45, 7) is 3.38. The van der Waals surface area contributed by atoms with E-state index in [-0.39, 0.29) is 5.91 Å². The Morgan fingerprint density at radius 3 is 2.95 bits per heavy atom. The predicted octanol–water partition coefficient (Wildman–Crippen LogP) is 3.16. The van der Waals surface area contributed by atoms with Gasteiger partial charge in [-0.3, -0.25) is 4.79 Å². The first-order valence-corrected chi connectivity index (χ1v) is 8.33. The molecule has 1 N–H and O–H groups in total. The molecular weight excluding hydrogens is 294 g/mol. The van der Waals surface area contributed by atoms with Gasteiger partial charge in [0.2, 0.25) is 5.91 Å². The van der Waals surface area contributed by atoms with E-state index in [4.69, 9.17) is 0 Å². The molecule has 114 valence electrons. The molecule has 0 saturated heterocycles. The molecule has 0 bridgehead atoms. The zero-order valence-corrected chi connectivity index (χ0v) is 13.4. The zero-order valence-electron chi connectivity index (χ0n) is 12.6. The van der Waals surface area contributed by atoms with Gasteiger partial charge in [0.05, 0.1) is 11.0 Å². The molecule has 0 unspecified atom stereocenters. The van der Waals surface area contributed by atoms with Crippen molar-refractivity contribution in [3.63, 3.8) is 0 Å². The third kappa shape index (κ3) is 3.36. The highest BCUT2D eigenvalue weighted by Gasteiger charge is 2.07. The van der Waals surface area contributed by atoms with Crippen molar-refractivity contribution < 1.29 is 4.79 Å². The molecule has 22 heavy (non-hydrogen) atoms. The van der Waals surface area contributed by atoms with E-state index in [2.05, 4.69) is 27.0 Å². The van der Waals surface area contributed by atoms with Crippen LogP contribution in [0, 0.1) is 6.92 Å². The fourth-order valence-corrected chi connectivity index (χ4v) is 3.27. The number of nitrogens with zero attached hydrogens (tertiary/aromatic N) is 2. The summed E-state index contributed by atoms with van der Waals surface area (Å²) < 4.78 is 2.15. The van der Waals surface area contributed by atoms with Crippen molar-refractivity contribution in [3.05, 3.63) is 52.5 Å². The minimum Gasteiger partial charge on any atom is -0.354 e. The van der Waals surface area contributed by atoms with Crippen LogP contribution in [0.15, 0.2) is 41.8 Å². The summed E-state index contributed by atoms with van der Waals surface area (Å²) in [5.74, 6) is 1.09. The first-order valence-electron chi connectivity index (χ1n) is 7.45. The largest absolute Gasteiger partial charge is 0.354 e. The molecule has 0 aliphatic carbocycles. The smallest absolute Gasteiger partial charge is 0.220 e. The van der Waals surface area contributed by atoms with E-state index in [1.165, 1.54) is 4.88 Å². The van der Waals surface area contributed by atoms with Crippen LogP contribution in [0.1, 0.15) is 17.1 Å². The molecule has 3 aromatic rings. The van der Waals surface area contributed by atoms with E-state index in [1.807, 2.05) is 36.6 Å². The van der Waals surface area contributed by atoms with Crippen LogP contribution < -0.4 is 5.32 Å². The summed E-state index contributed by atoms with van der Waals surface area (Å²) in [7, 11) is 0. The molecule has 1 aromatic carbocycles. The van der Waals surface area contributed by atoms with Gasteiger partial charge >= 0.3 is 0 Å². The molecule has 4 nitrogen and oxygen atoms in total. The molecule has 0 aliphatic rings. The molecule has 0 aliphatic heterocycles. The number of para-hydroxylation sites is 2. The Morgan fingerprint density at radius 1 is 1.27 bits per heavy atom. The van der Waals surface area contributed by atoms with E-state index < -0.39 is 0 Å². The second-order valence-electron chi connectivity index (χ2n) is 5.23. The van der Waals surface area contributed by atoms with Crippen molar-refractivity contribution >= 4 is 28.3 Å². The van der Waals surface area contributed by atoms with Crippen LogP contribution in [0.2, 0.25) is 0 Å². The van der Waals surface area contributed by atoms with Crippen molar-refractivity contribution in [3.8, 4) is 0 Å². The summed E-state index contributed by atoms with van der Waals surface area (Å²) in [6, 6.07) is 12.2. The number of imidazole rings is 1. The fraction of sp³-hybridized carbons (Fsp3) is 0.294. The average Bonchev–Trinajstić information content (AvgIpc) is 3.13. The Kier molecular flexibility index (Phi) is 4.53. The highest BCUT2D eigenvalue weighted by atomic mass is 32.1. The number of hydrogen-bond donors (Lipinski definition) is 1. The van der Waals surface area contributed by atoms with E-state index >= 15 is 0 Å². The minimum atomic E-state index is 0.107. The number of fused-ring (bicyclic) bond motifs is 1. The van der Waals surface area contributed by atoms with Crippen LogP contribution in [0.4, 0.5) is 0 Å². The predicted molar refractivity (Wildman–Crippen MR) is 90.1 cm³/mol. The minimum absolute atomic E-state index is 0.107. The Hall–Kier alpha value is -2.14. The lowest BCUT2D eigenvalue weighted by Gasteiger charge is -2.08. The van der Waals surface area contributed by atoms with Crippen LogP contribution in [-0.2, 0) is 17.8 Å². The van der Waals surface area contributed by atoms with Crippen LogP contribution >= 0.6 is 11.3 Å². The number of rotatable bonds is 6. The van der Waals surface area contributed by atoms with E-state index in [0.29, 0.717) is 13.0 Å². The highest BCUT2D eigenvalue weighted by Crippen LogP contribution is 2.15. The molecule has 1 amide bonds. The first-order chi connectivity index (χ1) is 10.7. The van der Waals surface area contributed by atoms with Gasteiger partial charge in [-0.2, -0.15) is 0 Å². The molecule has 0 radical (unpaired) electrons. The number of benzene rings is 1. The molecule has 2 heterocycles. The third-order valence-electron chi connectivity index (χ3n) is 3.68. The van der Waals surface area contributed by atoms with Gasteiger partial charge in [0.25, 0.3) is 0 Å². The van der Waals surface area contributed by atoms with E-state index in [9.17, 15) is 4.79 Å². The number of aryl methyl sites for hydroxylation is 2. The molecule has 5 heteroatoms. The van der Waals surface area contributed by atoms with Gasteiger partial charge in [0.15, 0.2) is 0 Å². The topological polar surface area (TPSA) is 46.9 Å². The van der Waals surface area contributed by atoms with Crippen LogP contribution in [0.3, 0.4) is 0 Å². The quantitative estimate of drug-likeness (QED) is 0.760. The standard InChI is InChI=1S/C17H19N3OS/c1-13-19-15-6-2-3-7-16(15)20(13)11-10-18-17(21)9-8-14-5-4-12-22-14/h2-7,12H,8-11H2,1H3,(H,18,21). The van der Waals surface area contributed by atoms with Crippen molar-refractivity contribution in [2.45, 2.75) is 26.3 Å². The van der Waals surface area contributed by atoms with Gasteiger partial charge in [-0.1, -0.05) is 18.2 Å². The SMILES string of the molecule is Cc1nc2ccccc2n1CCNC(=O)CCc1cccs1. The Bertz CT molecular complexity index is 761. The lowest BCUT2D eigenvalue weighted by molar-refractivity contribution is -0.121. The molecule has 0 fully saturated rings. The van der Waals surface area contributed by atoms with Gasteiger partial charge in [-0.15, -0.1) is 11.3 Å². The maximum atomic E-state index is 11.9. The van der Waals surface area contributed by atoms with Crippen LogP contribution in [0.25, 0.3) is 11.0 Å². The number of aromatic nitrogens is 2. The van der Waals surface area contributed by atoms with Crippen LogP contribution in [-0.4, -0.2) is 22.0 Å². The number of amides is 1. The highest BCUT2D eigenvalue weighted by molar-refractivity contribution is 7.09. The lowest BCUT2D eigenvalue weighted by Crippen LogP contribution is -2.27. The van der Waals surface area contributed by atoms with Gasteiger partial charge in [-0.05, 0) is 36.9 Å². The summed E-state index contributed by atoms with van der Waals surface area (Å²) in [5.41, 5.74) is 2.12. The number of hydrogen-bond acceptors (Lipinski definition) is 3. The van der Waals surface area contributed by atoms with Gasteiger partial charge < -0.3 is 9.88 Å². The van der Waals surface area contributed by atoms with Crippen molar-refractivity contribution in [1.29, 1.82) is 0 Å². The number of carbonyl (C=O) groups is 1. The zero-order chi connectivity index (χ0) is 15.4. The fourth-order valence-electron chi connectivity index (χ4n) is 2.57. The Labute approximate surface area is 133 Å². The molecule has 0 saturated carbocycles. The molecular formula is C17H19N3OS. The van der Waals surface area contributed by atoms with Crippen molar-refractivity contribution in [2.75, 3.05) is 6.54 Å². The normalized spacial score (nSPS) is 11.0. The number of thiophene rings is 1. The van der Waals surface area contributed by atoms with Crippen molar-refractivity contribution in [1.82, 2.24) is 14.9 Å². The number of carbonyl (C=O) groups excluding carboxylic acids is 1. The monoisotopic (exact) mass is 313 g/mol. The molecule has 2 aromatic heterocycles. The maximum absolute atomic E-state index is 11.9. The first kappa shape index (κ1) is 14.8. The lowest BCUT2D eigenvalue weighted by atomic mass is 10.2. The van der Waals surface area contributed by atoms with E-state index in [0.717, 1.165) is 29.8 Å². The van der Waals surface area contributed by atoms with Crippen molar-refractivity contribution in [2.24, 2.45) is 0 Å². The third-order valence-corrected chi connectivity index (χ3v) is 4.62. The molecule has 0 atom stereocenters. The van der Waals surface area contributed by atoms with Gasteiger partial charge in [0.1, 0.15) is 5.82 Å². The van der Waals surface area contributed by atoms with Gasteiger partial charge in [0, 0.05) is 24.4 Å². The summed E-state index contributed by atoms with van der Waals surface area (Å²) >= 11 is 1.70. The van der Waals surface area contributed by atoms with E-state index in [1.54, 1.807) is 11.3 Å².